The Hall–Kier alpha value is -0.560. The number of benzene rings is 1. The highest BCUT2D eigenvalue weighted by Crippen LogP contribution is 2.25. The molecule has 0 amide bonds. The van der Waals surface area contributed by atoms with Crippen LogP contribution in [0.1, 0.15) is 24.8 Å². The Balaban J connectivity index is 2.15. The van der Waals surface area contributed by atoms with Gasteiger partial charge in [0.25, 0.3) is 0 Å². The van der Waals surface area contributed by atoms with E-state index in [9.17, 15) is 8.78 Å². The van der Waals surface area contributed by atoms with Crippen molar-refractivity contribution in [1.29, 1.82) is 0 Å². The number of nitrogens with two attached hydrogens (primary N) is 1. The number of ether oxygens (including phenoxy) is 1. The van der Waals surface area contributed by atoms with Crippen molar-refractivity contribution in [2.45, 2.75) is 37.8 Å². The fraction of sp³-hybridized carbons (Fsp3) is 0.538. The molecule has 2 atom stereocenters. The molecule has 3 N–H and O–H groups in total. The van der Waals surface area contributed by atoms with E-state index < -0.39 is 11.6 Å². The molecule has 1 aliphatic rings. The third-order valence-electron chi connectivity index (χ3n) is 3.44. The zero-order chi connectivity index (χ0) is 13.8. The van der Waals surface area contributed by atoms with Crippen LogP contribution in [-0.2, 0) is 11.2 Å². The predicted molar refractivity (Wildman–Crippen MR) is 72.5 cm³/mol. The number of hydrazine groups is 1. The summed E-state index contributed by atoms with van der Waals surface area (Å²) in [4.78, 5) is 0. The standard InChI is InChI=1S/C13H17BrF2N2O/c14-9-4-5-10(15)8(13(9)16)7-11(18-17)12-3-1-2-6-19-12/h4-5,11-12,18H,1-3,6-7,17H2. The van der Waals surface area contributed by atoms with Gasteiger partial charge in [0.2, 0.25) is 0 Å². The van der Waals surface area contributed by atoms with E-state index in [1.165, 1.54) is 12.1 Å². The SMILES string of the molecule is NNC(Cc1c(F)ccc(Br)c1F)C1CCCCO1. The molecule has 1 aromatic carbocycles. The molecule has 0 spiro atoms. The first-order valence-electron chi connectivity index (χ1n) is 6.33. The van der Waals surface area contributed by atoms with Gasteiger partial charge in [-0.1, -0.05) is 0 Å². The van der Waals surface area contributed by atoms with Gasteiger partial charge in [-0.2, -0.15) is 0 Å². The summed E-state index contributed by atoms with van der Waals surface area (Å²) in [7, 11) is 0. The maximum Gasteiger partial charge on any atom is 0.143 e. The van der Waals surface area contributed by atoms with E-state index in [4.69, 9.17) is 10.6 Å². The van der Waals surface area contributed by atoms with Crippen molar-refractivity contribution in [3.63, 3.8) is 0 Å². The smallest absolute Gasteiger partial charge is 0.143 e. The van der Waals surface area contributed by atoms with Gasteiger partial charge in [-0.05, 0) is 53.7 Å². The van der Waals surface area contributed by atoms with Crippen LogP contribution in [-0.4, -0.2) is 18.8 Å². The van der Waals surface area contributed by atoms with Crippen LogP contribution in [0.25, 0.3) is 0 Å². The highest BCUT2D eigenvalue weighted by molar-refractivity contribution is 9.10. The van der Waals surface area contributed by atoms with Crippen LogP contribution in [0.2, 0.25) is 0 Å². The van der Waals surface area contributed by atoms with E-state index in [2.05, 4.69) is 21.4 Å². The topological polar surface area (TPSA) is 47.3 Å². The van der Waals surface area contributed by atoms with Crippen molar-refractivity contribution in [2.75, 3.05) is 6.61 Å². The number of rotatable bonds is 4. The molecule has 2 rings (SSSR count). The van der Waals surface area contributed by atoms with Gasteiger partial charge in [-0.15, -0.1) is 0 Å². The van der Waals surface area contributed by atoms with Gasteiger partial charge in [0.1, 0.15) is 11.6 Å². The summed E-state index contributed by atoms with van der Waals surface area (Å²) >= 11 is 3.06. The fourth-order valence-corrected chi connectivity index (χ4v) is 2.73. The molecule has 0 saturated carbocycles. The first kappa shape index (κ1) is 14.8. The molecular weight excluding hydrogens is 318 g/mol. The van der Waals surface area contributed by atoms with Gasteiger partial charge in [0.05, 0.1) is 16.6 Å². The van der Waals surface area contributed by atoms with Gasteiger partial charge < -0.3 is 4.74 Å². The molecule has 1 fully saturated rings. The maximum atomic E-state index is 13.9. The molecule has 0 aliphatic carbocycles. The number of nitrogens with one attached hydrogen (secondary N) is 1. The van der Waals surface area contributed by atoms with Gasteiger partial charge in [0.15, 0.2) is 0 Å². The molecular formula is C13H17BrF2N2O. The fourth-order valence-electron chi connectivity index (χ4n) is 2.36. The summed E-state index contributed by atoms with van der Waals surface area (Å²) < 4.78 is 33.5. The van der Waals surface area contributed by atoms with Crippen LogP contribution >= 0.6 is 15.9 Å². The summed E-state index contributed by atoms with van der Waals surface area (Å²) in [6, 6.07) is 2.31. The van der Waals surface area contributed by atoms with E-state index in [0.29, 0.717) is 6.61 Å². The summed E-state index contributed by atoms with van der Waals surface area (Å²) in [6.07, 6.45) is 2.99. The predicted octanol–water partition coefficient (Wildman–Crippen LogP) is 2.67. The largest absolute Gasteiger partial charge is 0.377 e. The molecule has 1 heterocycles. The number of hydrogen-bond acceptors (Lipinski definition) is 3. The average molecular weight is 335 g/mol. The zero-order valence-corrected chi connectivity index (χ0v) is 12.1. The minimum absolute atomic E-state index is 0.0338. The molecule has 19 heavy (non-hydrogen) atoms. The Morgan fingerprint density at radius 1 is 1.42 bits per heavy atom. The van der Waals surface area contributed by atoms with E-state index in [1.807, 2.05) is 0 Å². The maximum absolute atomic E-state index is 13.9. The first-order chi connectivity index (χ1) is 9.13. The normalized spacial score (nSPS) is 21.4. The van der Waals surface area contributed by atoms with E-state index >= 15 is 0 Å². The second-order valence-corrected chi connectivity index (χ2v) is 5.56. The Morgan fingerprint density at radius 3 is 2.84 bits per heavy atom. The van der Waals surface area contributed by atoms with E-state index in [0.717, 1.165) is 19.3 Å². The molecule has 0 bridgehead atoms. The summed E-state index contributed by atoms with van der Waals surface area (Å²) in [5.41, 5.74) is 2.65. The minimum atomic E-state index is -0.573. The lowest BCUT2D eigenvalue weighted by Crippen LogP contribution is -2.48. The van der Waals surface area contributed by atoms with Crippen molar-refractivity contribution < 1.29 is 13.5 Å². The lowest BCUT2D eigenvalue weighted by molar-refractivity contribution is -0.00773. The van der Waals surface area contributed by atoms with Crippen molar-refractivity contribution in [3.8, 4) is 0 Å². The summed E-state index contributed by atoms with van der Waals surface area (Å²) in [5, 5.41) is 0. The van der Waals surface area contributed by atoms with Gasteiger partial charge in [0, 0.05) is 12.2 Å². The lowest BCUT2D eigenvalue weighted by Gasteiger charge is -2.30. The van der Waals surface area contributed by atoms with Crippen molar-refractivity contribution >= 4 is 15.9 Å². The number of halogens is 3. The molecule has 0 aromatic heterocycles. The highest BCUT2D eigenvalue weighted by atomic mass is 79.9. The Kier molecular flexibility index (Phi) is 5.27. The zero-order valence-electron chi connectivity index (χ0n) is 10.5. The van der Waals surface area contributed by atoms with Gasteiger partial charge >= 0.3 is 0 Å². The molecule has 106 valence electrons. The Labute approximate surface area is 119 Å². The van der Waals surface area contributed by atoms with Crippen LogP contribution < -0.4 is 11.3 Å². The van der Waals surface area contributed by atoms with E-state index in [-0.39, 0.29) is 28.6 Å². The van der Waals surface area contributed by atoms with Crippen molar-refractivity contribution in [1.82, 2.24) is 5.43 Å². The molecule has 0 radical (unpaired) electrons. The first-order valence-corrected chi connectivity index (χ1v) is 7.13. The van der Waals surface area contributed by atoms with Crippen LogP contribution in [0, 0.1) is 11.6 Å². The number of hydrogen-bond donors (Lipinski definition) is 2. The monoisotopic (exact) mass is 334 g/mol. The molecule has 2 unspecified atom stereocenters. The highest BCUT2D eigenvalue weighted by Gasteiger charge is 2.26. The molecule has 6 heteroatoms. The summed E-state index contributed by atoms with van der Waals surface area (Å²) in [6.45, 7) is 0.673. The molecule has 1 aliphatic heterocycles. The molecule has 1 saturated heterocycles. The van der Waals surface area contributed by atoms with E-state index in [1.54, 1.807) is 0 Å². The molecule has 1 aromatic rings. The van der Waals surface area contributed by atoms with Gasteiger partial charge in [-0.25, -0.2) is 8.78 Å². The Morgan fingerprint density at radius 2 is 2.21 bits per heavy atom. The quantitative estimate of drug-likeness (QED) is 0.505. The second kappa shape index (κ2) is 6.74. The minimum Gasteiger partial charge on any atom is -0.377 e. The van der Waals surface area contributed by atoms with Crippen LogP contribution in [0.3, 0.4) is 0 Å². The van der Waals surface area contributed by atoms with Gasteiger partial charge in [-0.3, -0.25) is 11.3 Å². The Bertz CT molecular complexity index is 439. The van der Waals surface area contributed by atoms with Crippen LogP contribution in [0.5, 0.6) is 0 Å². The van der Waals surface area contributed by atoms with Crippen LogP contribution in [0.4, 0.5) is 8.78 Å². The van der Waals surface area contributed by atoms with Crippen LogP contribution in [0.15, 0.2) is 16.6 Å². The average Bonchev–Trinajstić information content (AvgIpc) is 2.44. The van der Waals surface area contributed by atoms with Crippen molar-refractivity contribution in [2.24, 2.45) is 5.84 Å². The third kappa shape index (κ3) is 3.51. The lowest BCUT2D eigenvalue weighted by atomic mass is 9.96. The second-order valence-electron chi connectivity index (χ2n) is 4.70. The third-order valence-corrected chi connectivity index (χ3v) is 4.05. The molecule has 3 nitrogen and oxygen atoms in total. The summed E-state index contributed by atoms with van der Waals surface area (Å²) in [5.74, 6) is 4.37. The van der Waals surface area contributed by atoms with Crippen molar-refractivity contribution in [3.05, 3.63) is 33.8 Å².